The fraction of sp³-hybridized carbons (Fsp3) is 0.526. The molecule has 0 spiro atoms. The predicted molar refractivity (Wildman–Crippen MR) is 110 cm³/mol. The van der Waals surface area contributed by atoms with Crippen LogP contribution in [0.15, 0.2) is 22.5 Å². The van der Waals surface area contributed by atoms with Gasteiger partial charge in [-0.25, -0.2) is 0 Å². The van der Waals surface area contributed by atoms with Crippen LogP contribution >= 0.6 is 23.1 Å². The zero-order chi connectivity index (χ0) is 19.5. The fourth-order valence-corrected chi connectivity index (χ4v) is 4.60. The van der Waals surface area contributed by atoms with Gasteiger partial charge in [-0.2, -0.15) is 0 Å². The fourth-order valence-electron chi connectivity index (χ4n) is 2.96. The summed E-state index contributed by atoms with van der Waals surface area (Å²) >= 11 is 2.92. The van der Waals surface area contributed by atoms with E-state index in [1.807, 2.05) is 18.2 Å². The van der Waals surface area contributed by atoms with Crippen molar-refractivity contribution in [3.05, 3.63) is 23.8 Å². The third kappa shape index (κ3) is 4.88. The number of hydrogen-bond donors (Lipinski definition) is 2. The van der Waals surface area contributed by atoms with E-state index >= 15 is 0 Å². The lowest BCUT2D eigenvalue weighted by molar-refractivity contribution is -0.119. The predicted octanol–water partition coefficient (Wildman–Crippen LogP) is 3.49. The lowest BCUT2D eigenvalue weighted by Crippen LogP contribution is -2.33. The molecule has 7 nitrogen and oxygen atoms in total. The lowest BCUT2D eigenvalue weighted by atomic mass is 9.95. The summed E-state index contributed by atoms with van der Waals surface area (Å²) in [5.41, 5.74) is 1.02. The maximum absolute atomic E-state index is 12.5. The van der Waals surface area contributed by atoms with E-state index in [1.54, 1.807) is 0 Å². The van der Waals surface area contributed by atoms with Crippen molar-refractivity contribution >= 4 is 34.1 Å². The van der Waals surface area contributed by atoms with Crippen LogP contribution in [-0.2, 0) is 4.79 Å². The molecule has 1 atom stereocenters. The lowest BCUT2D eigenvalue weighted by Gasteiger charge is -2.25. The second kappa shape index (κ2) is 8.57. The van der Waals surface area contributed by atoms with Gasteiger partial charge in [0.05, 0.1) is 11.8 Å². The quantitative estimate of drug-likeness (QED) is 0.632. The maximum Gasteiger partial charge on any atom is 0.230 e. The van der Waals surface area contributed by atoms with Gasteiger partial charge in [0.25, 0.3) is 0 Å². The van der Waals surface area contributed by atoms with Crippen molar-refractivity contribution in [3.8, 4) is 11.5 Å². The van der Waals surface area contributed by atoms with E-state index in [1.165, 1.54) is 35.9 Å². The Morgan fingerprint density at radius 1 is 1.25 bits per heavy atom. The minimum absolute atomic E-state index is 0.0227. The molecule has 0 bridgehead atoms. The van der Waals surface area contributed by atoms with Crippen LogP contribution in [-0.4, -0.2) is 41.1 Å². The van der Waals surface area contributed by atoms with Crippen molar-refractivity contribution in [1.82, 2.24) is 15.5 Å². The van der Waals surface area contributed by atoms with Gasteiger partial charge in [0.2, 0.25) is 11.0 Å². The second-order valence-corrected chi connectivity index (χ2v) is 9.47. The molecular formula is C19H24N4O3S2. The monoisotopic (exact) mass is 420 g/mol. The van der Waals surface area contributed by atoms with Crippen molar-refractivity contribution in [2.75, 3.05) is 24.3 Å². The molecule has 1 aliphatic heterocycles. The van der Waals surface area contributed by atoms with Gasteiger partial charge in [0, 0.05) is 6.04 Å². The third-order valence-corrected chi connectivity index (χ3v) is 6.53. The first-order chi connectivity index (χ1) is 13.6. The molecule has 9 heteroatoms. The SMILES string of the molecule is CC(C)[C@H](NC(=O)CSc1nnc(NC2CC2)s1)c1ccc2c(c1)OCCO2. The highest BCUT2D eigenvalue weighted by Crippen LogP contribution is 2.35. The van der Waals surface area contributed by atoms with Crippen LogP contribution in [0.2, 0.25) is 0 Å². The summed E-state index contributed by atoms with van der Waals surface area (Å²) in [5, 5.41) is 15.6. The number of hydrogen-bond acceptors (Lipinski definition) is 8. The summed E-state index contributed by atoms with van der Waals surface area (Å²) in [6.45, 7) is 5.30. The summed E-state index contributed by atoms with van der Waals surface area (Å²) in [5.74, 6) is 2.03. The number of nitrogens with one attached hydrogen (secondary N) is 2. The van der Waals surface area contributed by atoms with E-state index in [0.717, 1.165) is 26.5 Å². The van der Waals surface area contributed by atoms with Crippen LogP contribution < -0.4 is 20.1 Å². The molecule has 0 radical (unpaired) electrons. The Morgan fingerprint density at radius 3 is 2.79 bits per heavy atom. The number of thioether (sulfide) groups is 1. The van der Waals surface area contributed by atoms with Crippen molar-refractivity contribution in [1.29, 1.82) is 0 Å². The molecule has 2 aliphatic rings. The summed E-state index contributed by atoms with van der Waals surface area (Å²) in [6.07, 6.45) is 2.39. The highest BCUT2D eigenvalue weighted by atomic mass is 32.2. The smallest absolute Gasteiger partial charge is 0.230 e. The minimum atomic E-state index is -0.0922. The van der Waals surface area contributed by atoms with Crippen LogP contribution in [0, 0.1) is 5.92 Å². The average molecular weight is 421 g/mol. The minimum Gasteiger partial charge on any atom is -0.486 e. The number of aromatic nitrogens is 2. The summed E-state index contributed by atoms with van der Waals surface area (Å²) in [6, 6.07) is 6.33. The van der Waals surface area contributed by atoms with Crippen LogP contribution in [0.5, 0.6) is 11.5 Å². The van der Waals surface area contributed by atoms with Crippen molar-refractivity contribution in [2.45, 2.75) is 43.1 Å². The molecule has 1 aromatic heterocycles. The number of nitrogens with zero attached hydrogens (tertiary/aromatic N) is 2. The Kier molecular flexibility index (Phi) is 5.91. The highest BCUT2D eigenvalue weighted by molar-refractivity contribution is 8.01. The molecule has 2 aromatic rings. The normalized spacial score (nSPS) is 16.7. The van der Waals surface area contributed by atoms with E-state index in [-0.39, 0.29) is 17.9 Å². The average Bonchev–Trinajstić information content (AvgIpc) is 3.40. The Labute approximate surface area is 172 Å². The van der Waals surface area contributed by atoms with Gasteiger partial charge in [-0.05, 0) is 36.5 Å². The molecule has 1 saturated carbocycles. The van der Waals surface area contributed by atoms with E-state index in [0.29, 0.717) is 25.0 Å². The first kappa shape index (κ1) is 19.3. The molecule has 1 amide bonds. The third-order valence-electron chi connectivity index (χ3n) is 4.55. The molecule has 4 rings (SSSR count). The summed E-state index contributed by atoms with van der Waals surface area (Å²) < 4.78 is 12.1. The van der Waals surface area contributed by atoms with Gasteiger partial charge < -0.3 is 20.1 Å². The standard InChI is InChI=1S/C19H24N4O3S2/c1-11(2)17(12-3-6-14-15(9-12)26-8-7-25-14)21-16(24)10-27-19-23-22-18(28-19)20-13-4-5-13/h3,6,9,11,13,17H,4-5,7-8,10H2,1-2H3,(H,20,22)(H,21,24)/t17-/m0/s1. The Bertz CT molecular complexity index is 838. The van der Waals surface area contributed by atoms with Gasteiger partial charge in [-0.15, -0.1) is 10.2 Å². The summed E-state index contributed by atoms with van der Waals surface area (Å²) in [7, 11) is 0. The molecule has 1 aromatic carbocycles. The zero-order valence-electron chi connectivity index (χ0n) is 15.9. The highest BCUT2D eigenvalue weighted by Gasteiger charge is 2.23. The van der Waals surface area contributed by atoms with Crippen LogP contribution in [0.4, 0.5) is 5.13 Å². The van der Waals surface area contributed by atoms with Gasteiger partial charge in [-0.3, -0.25) is 4.79 Å². The molecule has 0 unspecified atom stereocenters. The first-order valence-electron chi connectivity index (χ1n) is 9.50. The molecule has 2 heterocycles. The second-order valence-electron chi connectivity index (χ2n) is 7.27. The number of fused-ring (bicyclic) bond motifs is 1. The molecule has 28 heavy (non-hydrogen) atoms. The van der Waals surface area contributed by atoms with Crippen LogP contribution in [0.1, 0.15) is 38.3 Å². The van der Waals surface area contributed by atoms with Gasteiger partial charge in [0.15, 0.2) is 15.8 Å². The van der Waals surface area contributed by atoms with Gasteiger partial charge >= 0.3 is 0 Å². The number of anilines is 1. The Balaban J connectivity index is 1.34. The Morgan fingerprint density at radius 2 is 2.04 bits per heavy atom. The number of carbonyl (C=O) groups excluding carboxylic acids is 1. The molecule has 150 valence electrons. The van der Waals surface area contributed by atoms with Crippen LogP contribution in [0.3, 0.4) is 0 Å². The number of rotatable bonds is 8. The van der Waals surface area contributed by atoms with E-state index in [4.69, 9.17) is 9.47 Å². The van der Waals surface area contributed by atoms with Crippen molar-refractivity contribution in [2.24, 2.45) is 5.92 Å². The topological polar surface area (TPSA) is 85.4 Å². The molecule has 1 aliphatic carbocycles. The summed E-state index contributed by atoms with van der Waals surface area (Å²) in [4.78, 5) is 12.5. The van der Waals surface area contributed by atoms with Crippen LogP contribution in [0.25, 0.3) is 0 Å². The van der Waals surface area contributed by atoms with E-state index in [2.05, 4.69) is 34.7 Å². The zero-order valence-corrected chi connectivity index (χ0v) is 17.6. The largest absolute Gasteiger partial charge is 0.486 e. The maximum atomic E-state index is 12.5. The van der Waals surface area contributed by atoms with Gasteiger partial charge in [-0.1, -0.05) is 43.0 Å². The number of ether oxygens (including phenoxy) is 2. The number of carbonyl (C=O) groups is 1. The molecule has 0 saturated heterocycles. The molecule has 2 N–H and O–H groups in total. The van der Waals surface area contributed by atoms with E-state index < -0.39 is 0 Å². The molecule has 1 fully saturated rings. The molecular weight excluding hydrogens is 396 g/mol. The number of amides is 1. The first-order valence-corrected chi connectivity index (χ1v) is 11.3. The van der Waals surface area contributed by atoms with Crippen molar-refractivity contribution in [3.63, 3.8) is 0 Å². The number of benzene rings is 1. The van der Waals surface area contributed by atoms with Crippen molar-refractivity contribution < 1.29 is 14.3 Å². The van der Waals surface area contributed by atoms with Gasteiger partial charge in [0.1, 0.15) is 13.2 Å². The Hall–Kier alpha value is -2.00. The van der Waals surface area contributed by atoms with E-state index in [9.17, 15) is 4.79 Å².